The molecule has 34 heavy (non-hydrogen) atoms. The highest BCUT2D eigenvalue weighted by Crippen LogP contribution is 2.28. The fourth-order valence-corrected chi connectivity index (χ4v) is 3.28. The minimum absolute atomic E-state index is 0.393. The topological polar surface area (TPSA) is 156 Å². The summed E-state index contributed by atoms with van der Waals surface area (Å²) in [7, 11) is 0. The molecule has 1 aromatic carbocycles. The van der Waals surface area contributed by atoms with Crippen LogP contribution in [-0.2, 0) is 42.9 Å². The summed E-state index contributed by atoms with van der Waals surface area (Å²) in [4.78, 5) is 59.3. The van der Waals surface area contributed by atoms with Gasteiger partial charge < -0.3 is 34.3 Å². The minimum Gasteiger partial charge on any atom is -0.463 e. The largest absolute Gasteiger partial charge is 0.463 e. The lowest BCUT2D eigenvalue weighted by molar-refractivity contribution is -0.255. The zero-order valence-corrected chi connectivity index (χ0v) is 19.5. The van der Waals surface area contributed by atoms with Gasteiger partial charge in [0.15, 0.2) is 24.5 Å². The van der Waals surface area contributed by atoms with E-state index in [-0.39, 0.29) is 0 Å². The minimum atomic E-state index is -1.39. The highest BCUT2D eigenvalue weighted by molar-refractivity contribution is 5.89. The molecule has 0 bridgehead atoms. The number of urea groups is 1. The molecule has 1 saturated heterocycles. The van der Waals surface area contributed by atoms with Crippen molar-refractivity contribution >= 4 is 35.6 Å². The number of carbonyl (C=O) groups excluding carboxylic acids is 5. The average Bonchev–Trinajstić information content (AvgIpc) is 2.71. The quantitative estimate of drug-likeness (QED) is 0.429. The lowest BCUT2D eigenvalue weighted by Crippen LogP contribution is -2.66. The molecule has 1 aliphatic heterocycles. The number of esters is 4. The first kappa shape index (κ1) is 26.6. The van der Waals surface area contributed by atoms with Crippen molar-refractivity contribution in [2.75, 3.05) is 11.9 Å². The van der Waals surface area contributed by atoms with Crippen molar-refractivity contribution in [3.8, 4) is 0 Å². The molecule has 0 spiro atoms. The average molecular weight is 480 g/mol. The van der Waals surface area contributed by atoms with Crippen molar-refractivity contribution in [2.45, 2.75) is 65.3 Å². The van der Waals surface area contributed by atoms with Gasteiger partial charge in [0.25, 0.3) is 0 Å². The third-order valence-corrected chi connectivity index (χ3v) is 4.57. The number of carbonyl (C=O) groups is 5. The van der Waals surface area contributed by atoms with Gasteiger partial charge >= 0.3 is 29.9 Å². The van der Waals surface area contributed by atoms with Crippen molar-refractivity contribution in [2.24, 2.45) is 0 Å². The van der Waals surface area contributed by atoms with Crippen LogP contribution in [0.4, 0.5) is 10.5 Å². The summed E-state index contributed by atoms with van der Waals surface area (Å²) >= 11 is 0. The molecule has 0 radical (unpaired) electrons. The molecule has 2 amide bonds. The normalized spacial score (nSPS) is 23.7. The van der Waals surface area contributed by atoms with E-state index in [0.717, 1.165) is 26.3 Å². The maximum absolute atomic E-state index is 12.6. The van der Waals surface area contributed by atoms with E-state index in [2.05, 4.69) is 10.6 Å². The first-order valence-corrected chi connectivity index (χ1v) is 10.4. The number of hydrogen-bond donors (Lipinski definition) is 2. The van der Waals surface area contributed by atoms with E-state index in [4.69, 9.17) is 23.7 Å². The summed E-state index contributed by atoms with van der Waals surface area (Å²) < 4.78 is 26.7. The molecular weight excluding hydrogens is 452 g/mol. The van der Waals surface area contributed by atoms with Gasteiger partial charge in [-0.05, 0) is 19.1 Å². The summed E-state index contributed by atoms with van der Waals surface area (Å²) in [5, 5.41) is 5.12. The molecule has 1 aromatic rings. The summed E-state index contributed by atoms with van der Waals surface area (Å²) in [5.74, 6) is -2.92. The molecule has 2 N–H and O–H groups in total. The second-order valence-electron chi connectivity index (χ2n) is 7.58. The molecule has 1 heterocycles. The van der Waals surface area contributed by atoms with Crippen LogP contribution in [0.5, 0.6) is 0 Å². The number of nitrogens with one attached hydrogen (secondary N) is 2. The van der Waals surface area contributed by atoms with E-state index < -0.39 is 67.2 Å². The third-order valence-electron chi connectivity index (χ3n) is 4.57. The van der Waals surface area contributed by atoms with E-state index in [1.807, 2.05) is 6.92 Å². The second kappa shape index (κ2) is 12.0. The Morgan fingerprint density at radius 1 is 0.794 bits per heavy atom. The SMILES string of the molecule is CC(=O)OC[C@H]1O[C@@H](NC(=O)Nc2ccc(C)cc2)[C@H](OC(C)=O)[C@@H](OC(C)=O)[C@@H]1OC(C)=O. The summed E-state index contributed by atoms with van der Waals surface area (Å²) in [6.45, 7) is 6.00. The van der Waals surface area contributed by atoms with Gasteiger partial charge in [-0.2, -0.15) is 0 Å². The maximum atomic E-state index is 12.6. The fraction of sp³-hybridized carbons (Fsp3) is 0.500. The Morgan fingerprint density at radius 2 is 1.32 bits per heavy atom. The van der Waals surface area contributed by atoms with E-state index in [1.165, 1.54) is 6.92 Å². The highest BCUT2D eigenvalue weighted by Gasteiger charge is 2.52. The molecule has 12 nitrogen and oxygen atoms in total. The molecule has 1 fully saturated rings. The van der Waals surface area contributed by atoms with Gasteiger partial charge in [-0.1, -0.05) is 17.7 Å². The monoisotopic (exact) mass is 480 g/mol. The number of benzene rings is 1. The molecule has 5 atom stereocenters. The van der Waals surface area contributed by atoms with E-state index in [1.54, 1.807) is 24.3 Å². The Balaban J connectivity index is 2.35. The molecule has 0 aromatic heterocycles. The zero-order valence-electron chi connectivity index (χ0n) is 19.5. The van der Waals surface area contributed by atoms with E-state index in [9.17, 15) is 24.0 Å². The third kappa shape index (κ3) is 8.03. The van der Waals surface area contributed by atoms with Crippen LogP contribution in [0, 0.1) is 6.92 Å². The van der Waals surface area contributed by atoms with Crippen molar-refractivity contribution in [3.63, 3.8) is 0 Å². The predicted molar refractivity (Wildman–Crippen MR) is 115 cm³/mol. The molecule has 186 valence electrons. The molecular formula is C22H28N2O10. The zero-order chi connectivity index (χ0) is 25.4. The lowest BCUT2D eigenvalue weighted by atomic mass is 9.97. The lowest BCUT2D eigenvalue weighted by Gasteiger charge is -2.44. The van der Waals surface area contributed by atoms with Gasteiger partial charge in [0, 0.05) is 33.4 Å². The van der Waals surface area contributed by atoms with Crippen LogP contribution in [0.1, 0.15) is 33.3 Å². The van der Waals surface area contributed by atoms with E-state index >= 15 is 0 Å². The Kier molecular flexibility index (Phi) is 9.36. The second-order valence-corrected chi connectivity index (χ2v) is 7.58. The van der Waals surface area contributed by atoms with Crippen LogP contribution in [0.25, 0.3) is 0 Å². The van der Waals surface area contributed by atoms with Crippen molar-refractivity contribution in [3.05, 3.63) is 29.8 Å². The van der Waals surface area contributed by atoms with Crippen molar-refractivity contribution < 1.29 is 47.7 Å². The number of ether oxygens (including phenoxy) is 5. The van der Waals surface area contributed by atoms with Crippen molar-refractivity contribution in [1.29, 1.82) is 0 Å². The number of hydrogen-bond acceptors (Lipinski definition) is 10. The summed E-state index contributed by atoms with van der Waals surface area (Å²) in [6, 6.07) is 6.24. The van der Waals surface area contributed by atoms with Gasteiger partial charge in [0.2, 0.25) is 0 Å². The molecule has 2 rings (SSSR count). The summed E-state index contributed by atoms with van der Waals surface area (Å²) in [5.41, 5.74) is 1.47. The smallest absolute Gasteiger partial charge is 0.321 e. The first-order chi connectivity index (χ1) is 16.0. The highest BCUT2D eigenvalue weighted by atomic mass is 16.7. The van der Waals surface area contributed by atoms with Crippen LogP contribution < -0.4 is 10.6 Å². The van der Waals surface area contributed by atoms with Gasteiger partial charge in [-0.25, -0.2) is 4.79 Å². The molecule has 1 aliphatic rings. The van der Waals surface area contributed by atoms with Crippen LogP contribution in [0.15, 0.2) is 24.3 Å². The van der Waals surface area contributed by atoms with Crippen molar-refractivity contribution in [1.82, 2.24) is 5.32 Å². The van der Waals surface area contributed by atoms with Crippen LogP contribution >= 0.6 is 0 Å². The van der Waals surface area contributed by atoms with Gasteiger partial charge in [0.05, 0.1) is 0 Å². The number of anilines is 1. The van der Waals surface area contributed by atoms with Crippen LogP contribution in [-0.4, -0.2) is 67.2 Å². The van der Waals surface area contributed by atoms with E-state index in [0.29, 0.717) is 5.69 Å². The van der Waals surface area contributed by atoms with Crippen LogP contribution in [0.3, 0.4) is 0 Å². The fourth-order valence-electron chi connectivity index (χ4n) is 3.28. The van der Waals surface area contributed by atoms with Crippen LogP contribution in [0.2, 0.25) is 0 Å². The molecule has 0 aliphatic carbocycles. The molecule has 0 unspecified atom stereocenters. The molecule has 12 heteroatoms. The number of rotatable bonds is 7. The first-order valence-electron chi connectivity index (χ1n) is 10.4. The predicted octanol–water partition coefficient (Wildman–Crippen LogP) is 1.20. The Labute approximate surface area is 196 Å². The number of amides is 2. The van der Waals surface area contributed by atoms with Gasteiger partial charge in [0.1, 0.15) is 12.7 Å². The molecule has 0 saturated carbocycles. The summed E-state index contributed by atoms with van der Waals surface area (Å²) in [6.07, 6.45) is -6.57. The standard InChI is InChI=1S/C22H28N2O10/c1-11-6-8-16(9-7-11)23-22(29)24-21-20(33-15(5)28)19(32-14(4)27)18(31-13(3)26)17(34-21)10-30-12(2)25/h6-9,17-21H,10H2,1-5H3,(H2,23,24,29)/t17-,18-,19+,20-,21-/m1/s1. The number of aryl methyl sites for hydroxylation is 1. The Morgan fingerprint density at radius 3 is 1.85 bits per heavy atom. The van der Waals surface area contributed by atoms with Gasteiger partial charge in [-0.15, -0.1) is 0 Å². The Hall–Kier alpha value is -3.67. The Bertz CT molecular complexity index is 917. The van der Waals surface area contributed by atoms with Gasteiger partial charge in [-0.3, -0.25) is 19.2 Å². The maximum Gasteiger partial charge on any atom is 0.321 e.